The normalized spacial score (nSPS) is 22.0. The number of carbonyl (C=O) groups is 1. The molecule has 4 rings (SSSR count). The number of nitrogens with one attached hydrogen (secondary N) is 1. The highest BCUT2D eigenvalue weighted by atomic mass is 16.2. The highest BCUT2D eigenvalue weighted by Crippen LogP contribution is 2.44. The first-order chi connectivity index (χ1) is 11.2. The molecule has 1 saturated carbocycles. The molecule has 1 aromatic carbocycles. The van der Waals surface area contributed by atoms with Gasteiger partial charge in [0.15, 0.2) is 0 Å². The van der Waals surface area contributed by atoms with Gasteiger partial charge in [-0.2, -0.15) is 0 Å². The zero-order chi connectivity index (χ0) is 15.9. The van der Waals surface area contributed by atoms with Crippen LogP contribution in [0.15, 0.2) is 30.3 Å². The van der Waals surface area contributed by atoms with Gasteiger partial charge in [0.1, 0.15) is 11.6 Å². The summed E-state index contributed by atoms with van der Waals surface area (Å²) in [6.07, 6.45) is 4.85. The number of benzene rings is 1. The van der Waals surface area contributed by atoms with Crippen molar-refractivity contribution in [1.29, 1.82) is 0 Å². The molecule has 1 aromatic heterocycles. The first kappa shape index (κ1) is 14.4. The third-order valence-electron chi connectivity index (χ3n) is 5.44. The number of aromatic nitrogens is 3. The molecule has 0 spiro atoms. The lowest BCUT2D eigenvalue weighted by atomic mass is 9.63. The van der Waals surface area contributed by atoms with Crippen molar-refractivity contribution in [2.24, 2.45) is 0 Å². The minimum atomic E-state index is -0.316. The highest BCUT2D eigenvalue weighted by Gasteiger charge is 2.46. The van der Waals surface area contributed by atoms with Crippen molar-refractivity contribution in [3.8, 4) is 0 Å². The molecule has 1 N–H and O–H groups in total. The van der Waals surface area contributed by atoms with E-state index in [9.17, 15) is 4.79 Å². The fourth-order valence-corrected chi connectivity index (χ4v) is 3.84. The van der Waals surface area contributed by atoms with Crippen LogP contribution in [0.5, 0.6) is 0 Å². The van der Waals surface area contributed by atoms with Gasteiger partial charge >= 0.3 is 0 Å². The molecular formula is C18H22N4O. The predicted octanol–water partition coefficient (Wildman–Crippen LogP) is 2.14. The molecule has 23 heavy (non-hydrogen) atoms. The monoisotopic (exact) mass is 310 g/mol. The third kappa shape index (κ3) is 2.35. The van der Waals surface area contributed by atoms with Crippen LogP contribution in [0.25, 0.3) is 0 Å². The Morgan fingerprint density at radius 1 is 1.26 bits per heavy atom. The zero-order valence-corrected chi connectivity index (χ0v) is 13.5. The maximum Gasteiger partial charge on any atom is 0.230 e. The molecule has 0 bridgehead atoms. The Morgan fingerprint density at radius 2 is 2.04 bits per heavy atom. The van der Waals surface area contributed by atoms with Gasteiger partial charge in [-0.1, -0.05) is 36.8 Å². The van der Waals surface area contributed by atoms with E-state index < -0.39 is 0 Å². The Bertz CT molecular complexity index is 718. The Kier molecular flexibility index (Phi) is 3.43. The van der Waals surface area contributed by atoms with Crippen LogP contribution in [0.1, 0.15) is 42.9 Å². The van der Waals surface area contributed by atoms with E-state index >= 15 is 0 Å². The lowest BCUT2D eigenvalue weighted by Gasteiger charge is -2.42. The second-order valence-corrected chi connectivity index (χ2v) is 6.78. The number of nitrogens with zero attached hydrogens (tertiary/aromatic N) is 3. The number of hydrogen-bond donors (Lipinski definition) is 1. The number of aryl methyl sites for hydroxylation is 2. The van der Waals surface area contributed by atoms with E-state index in [4.69, 9.17) is 0 Å². The molecule has 2 heterocycles. The molecular weight excluding hydrogens is 288 g/mol. The van der Waals surface area contributed by atoms with E-state index in [0.29, 0.717) is 0 Å². The first-order valence-electron chi connectivity index (χ1n) is 8.44. The van der Waals surface area contributed by atoms with Crippen molar-refractivity contribution in [2.75, 3.05) is 0 Å². The van der Waals surface area contributed by atoms with E-state index in [1.54, 1.807) is 0 Å². The Labute approximate surface area is 136 Å². The summed E-state index contributed by atoms with van der Waals surface area (Å²) >= 11 is 0. The Hall–Kier alpha value is -2.17. The molecule has 2 aliphatic rings. The molecule has 0 saturated heterocycles. The van der Waals surface area contributed by atoms with Crippen LogP contribution in [0.3, 0.4) is 0 Å². The van der Waals surface area contributed by atoms with Crippen LogP contribution in [-0.2, 0) is 23.2 Å². The zero-order valence-electron chi connectivity index (χ0n) is 13.5. The molecule has 1 fully saturated rings. The second-order valence-electron chi connectivity index (χ2n) is 6.78. The number of amides is 1. The van der Waals surface area contributed by atoms with Gasteiger partial charge in [-0.3, -0.25) is 4.79 Å². The van der Waals surface area contributed by atoms with Gasteiger partial charge in [-0.15, -0.1) is 10.2 Å². The fraction of sp³-hybridized carbons (Fsp3) is 0.500. The molecule has 1 atom stereocenters. The van der Waals surface area contributed by atoms with Crippen LogP contribution < -0.4 is 5.32 Å². The van der Waals surface area contributed by atoms with Crippen molar-refractivity contribution in [2.45, 2.75) is 57.0 Å². The van der Waals surface area contributed by atoms with Crippen molar-refractivity contribution in [3.05, 3.63) is 47.5 Å². The SMILES string of the molecule is Cc1nnc2n1C[C@@H](NC(=O)C1(c3ccccc3)CCC1)CC2. The lowest BCUT2D eigenvalue weighted by Crippen LogP contribution is -2.53. The minimum Gasteiger partial charge on any atom is -0.351 e. The Morgan fingerprint density at radius 3 is 2.74 bits per heavy atom. The quantitative estimate of drug-likeness (QED) is 0.945. The molecule has 1 aliphatic carbocycles. The van der Waals surface area contributed by atoms with E-state index in [0.717, 1.165) is 55.9 Å². The summed E-state index contributed by atoms with van der Waals surface area (Å²) < 4.78 is 2.13. The summed E-state index contributed by atoms with van der Waals surface area (Å²) in [5.74, 6) is 2.16. The van der Waals surface area contributed by atoms with E-state index in [-0.39, 0.29) is 17.4 Å². The van der Waals surface area contributed by atoms with Crippen LogP contribution in [0.2, 0.25) is 0 Å². The van der Waals surface area contributed by atoms with Gasteiger partial charge in [-0.05, 0) is 31.7 Å². The first-order valence-corrected chi connectivity index (χ1v) is 8.44. The van der Waals surface area contributed by atoms with Crippen LogP contribution >= 0.6 is 0 Å². The molecule has 2 aromatic rings. The summed E-state index contributed by atoms with van der Waals surface area (Å²) in [6.45, 7) is 2.75. The van der Waals surface area contributed by atoms with E-state index in [1.165, 1.54) is 0 Å². The molecule has 0 radical (unpaired) electrons. The maximum atomic E-state index is 13.0. The van der Waals surface area contributed by atoms with Gasteiger partial charge in [0.05, 0.1) is 5.41 Å². The van der Waals surface area contributed by atoms with E-state index in [2.05, 4.69) is 32.2 Å². The summed E-state index contributed by atoms with van der Waals surface area (Å²) in [5.41, 5.74) is 0.838. The minimum absolute atomic E-state index is 0.172. The average Bonchev–Trinajstić information content (AvgIpc) is 2.88. The topological polar surface area (TPSA) is 59.8 Å². The fourth-order valence-electron chi connectivity index (χ4n) is 3.84. The molecule has 5 nitrogen and oxygen atoms in total. The van der Waals surface area contributed by atoms with Gasteiger partial charge in [0, 0.05) is 19.0 Å². The van der Waals surface area contributed by atoms with E-state index in [1.807, 2.05) is 25.1 Å². The molecule has 1 amide bonds. The van der Waals surface area contributed by atoms with Crippen LogP contribution in [0, 0.1) is 6.92 Å². The smallest absolute Gasteiger partial charge is 0.230 e. The third-order valence-corrected chi connectivity index (χ3v) is 5.44. The lowest BCUT2D eigenvalue weighted by molar-refractivity contribution is -0.130. The largest absolute Gasteiger partial charge is 0.351 e. The van der Waals surface area contributed by atoms with Crippen LogP contribution in [-0.4, -0.2) is 26.7 Å². The summed E-state index contributed by atoms with van der Waals surface area (Å²) in [7, 11) is 0. The summed E-state index contributed by atoms with van der Waals surface area (Å²) in [6, 6.07) is 10.4. The number of hydrogen-bond acceptors (Lipinski definition) is 3. The second kappa shape index (κ2) is 5.48. The molecule has 1 aliphatic heterocycles. The van der Waals surface area contributed by atoms with Gasteiger partial charge < -0.3 is 9.88 Å². The standard InChI is InChI=1S/C18H22N4O/c1-13-20-21-16-9-8-15(12-22(13)16)19-17(23)18(10-5-11-18)14-6-3-2-4-7-14/h2-4,6-7,15H,5,8-12H2,1H3,(H,19,23)/t15-/m0/s1. The summed E-state index contributed by atoms with van der Waals surface area (Å²) in [4.78, 5) is 13.0. The maximum absolute atomic E-state index is 13.0. The predicted molar refractivity (Wildman–Crippen MR) is 87.0 cm³/mol. The number of carbonyl (C=O) groups excluding carboxylic acids is 1. The number of fused-ring (bicyclic) bond motifs is 1. The summed E-state index contributed by atoms with van der Waals surface area (Å²) in [5, 5.41) is 11.6. The average molecular weight is 310 g/mol. The highest BCUT2D eigenvalue weighted by molar-refractivity contribution is 5.89. The van der Waals surface area contributed by atoms with Crippen LogP contribution in [0.4, 0.5) is 0 Å². The van der Waals surface area contributed by atoms with Crippen molar-refractivity contribution < 1.29 is 4.79 Å². The van der Waals surface area contributed by atoms with Crippen molar-refractivity contribution in [3.63, 3.8) is 0 Å². The van der Waals surface area contributed by atoms with Gasteiger partial charge in [0.25, 0.3) is 0 Å². The molecule has 5 heteroatoms. The molecule has 120 valence electrons. The number of rotatable bonds is 3. The van der Waals surface area contributed by atoms with Crippen molar-refractivity contribution >= 4 is 5.91 Å². The van der Waals surface area contributed by atoms with Crippen molar-refractivity contribution in [1.82, 2.24) is 20.1 Å². The Balaban J connectivity index is 1.51. The molecule has 0 unspecified atom stereocenters. The van der Waals surface area contributed by atoms with Gasteiger partial charge in [-0.25, -0.2) is 0 Å². The van der Waals surface area contributed by atoms with Gasteiger partial charge in [0.2, 0.25) is 5.91 Å².